The molecule has 0 atom stereocenters. The summed E-state index contributed by atoms with van der Waals surface area (Å²) in [6.07, 6.45) is -14.6. The number of fused-ring (bicyclic) bond motifs is 8. The van der Waals surface area contributed by atoms with E-state index in [9.17, 15) is 52.7 Å². The van der Waals surface area contributed by atoms with E-state index >= 15 is 0 Å². The second kappa shape index (κ2) is 15.2. The third kappa shape index (κ3) is 8.06. The summed E-state index contributed by atoms with van der Waals surface area (Å²) >= 11 is 0. The van der Waals surface area contributed by atoms with Crippen molar-refractivity contribution in [1.29, 1.82) is 0 Å². The minimum absolute atomic E-state index is 0.0190. The molecule has 6 aromatic heterocycles. The molecule has 65 heavy (non-hydrogen) atoms. The molecule has 2 aromatic carbocycles. The van der Waals surface area contributed by atoms with Crippen LogP contribution in [-0.2, 0) is 24.7 Å². The highest BCUT2D eigenvalue weighted by Crippen LogP contribution is 2.49. The Hall–Kier alpha value is -7.78. The van der Waals surface area contributed by atoms with Gasteiger partial charge in [0, 0.05) is 23.2 Å². The highest BCUT2D eigenvalue weighted by atomic mass is 19.4. The Balaban J connectivity index is 0.000000164. The number of nitrogens with one attached hydrogen (secondary N) is 2. The van der Waals surface area contributed by atoms with Crippen molar-refractivity contribution < 1.29 is 62.2 Å². The lowest BCUT2D eigenvalue weighted by molar-refractivity contribution is -0.138. The Labute approximate surface area is 356 Å². The summed E-state index contributed by atoms with van der Waals surface area (Å²) < 4.78 is 170. The van der Waals surface area contributed by atoms with Gasteiger partial charge in [-0.3, -0.25) is 9.97 Å². The summed E-state index contributed by atoms with van der Waals surface area (Å²) in [7, 11) is 0. The average molecular weight is 911 g/mol. The van der Waals surface area contributed by atoms with Crippen molar-refractivity contribution in [2.75, 3.05) is 10.6 Å². The van der Waals surface area contributed by atoms with Gasteiger partial charge in [-0.2, -0.15) is 52.7 Å². The second-order valence-electron chi connectivity index (χ2n) is 14.2. The predicted molar refractivity (Wildman–Crippen MR) is 210 cm³/mol. The molecule has 10 rings (SSSR count). The molecule has 8 aromatic rings. The average Bonchev–Trinajstić information content (AvgIpc) is 3.26. The summed E-state index contributed by atoms with van der Waals surface area (Å²) in [5.41, 5.74) is -2.36. The van der Waals surface area contributed by atoms with E-state index in [0.717, 1.165) is 36.4 Å². The molecule has 0 radical (unpaired) electrons. The normalized spacial score (nSPS) is 13.2. The van der Waals surface area contributed by atoms with Crippen molar-refractivity contribution in [2.45, 2.75) is 31.6 Å². The molecule has 0 unspecified atom stereocenters. The van der Waals surface area contributed by atoms with Crippen LogP contribution in [0.1, 0.15) is 27.9 Å². The number of hydrogen-bond acceptors (Lipinski definition) is 10. The Morgan fingerprint density at radius 3 is 1.49 bits per heavy atom. The fourth-order valence-corrected chi connectivity index (χ4v) is 6.97. The molecule has 8 heterocycles. The number of nitrogens with zero attached hydrogens (tertiary/aromatic N) is 6. The fourth-order valence-electron chi connectivity index (χ4n) is 6.97. The number of halogens is 12. The molecule has 330 valence electrons. The maximum atomic E-state index is 13.4. The molecular weight excluding hydrogens is 889 g/mol. The number of alkyl halides is 12. The van der Waals surface area contributed by atoms with Crippen molar-refractivity contribution in [1.82, 2.24) is 29.9 Å². The van der Waals surface area contributed by atoms with E-state index in [2.05, 4.69) is 40.5 Å². The highest BCUT2D eigenvalue weighted by molar-refractivity contribution is 5.99. The molecule has 22 heteroatoms. The van der Waals surface area contributed by atoms with E-state index in [0.29, 0.717) is 39.2 Å². The number of hydrogen-bond donors (Lipinski definition) is 2. The standard InChI is InChI=1S/C22H12F6N4O.C21H10F6N4O/c1-10-19-17(31-14-6-4-11(21(23,24)25)9-16(14)33-19)12-5-7-15(32-20(12)30-10)18-13(22(26,27)28)3-2-8-29-18;22-20(23,24)10-3-5-13-15(8-10)32-16-9-29-19-11(17(16)30-13)4-6-14(31-19)18-12(21(25,26)27)2-1-7-28-18/h2-9,31H,1H3;1-9,30H. The number of aromatic nitrogens is 6. The van der Waals surface area contributed by atoms with Gasteiger partial charge >= 0.3 is 24.7 Å². The Kier molecular flexibility index (Phi) is 9.94. The molecule has 10 nitrogen and oxygen atoms in total. The van der Waals surface area contributed by atoms with E-state index in [4.69, 9.17) is 9.47 Å². The van der Waals surface area contributed by atoms with Crippen LogP contribution in [0, 0.1) is 6.92 Å². The molecule has 0 spiro atoms. The van der Waals surface area contributed by atoms with Gasteiger partial charge in [0.15, 0.2) is 34.3 Å². The van der Waals surface area contributed by atoms with Crippen LogP contribution in [0.3, 0.4) is 0 Å². The molecule has 0 aliphatic carbocycles. The number of ether oxygens (including phenoxy) is 2. The fraction of sp³-hybridized carbons (Fsp3) is 0.116. The van der Waals surface area contributed by atoms with Crippen LogP contribution in [-0.4, -0.2) is 29.9 Å². The summed E-state index contributed by atoms with van der Waals surface area (Å²) in [6.45, 7) is 1.56. The summed E-state index contributed by atoms with van der Waals surface area (Å²) in [5.74, 6) is 0.321. The molecule has 0 saturated heterocycles. The van der Waals surface area contributed by atoms with Crippen molar-refractivity contribution in [3.05, 3.63) is 131 Å². The highest BCUT2D eigenvalue weighted by Gasteiger charge is 2.37. The lowest BCUT2D eigenvalue weighted by Gasteiger charge is -2.25. The number of anilines is 4. The zero-order chi connectivity index (χ0) is 46.2. The van der Waals surface area contributed by atoms with Gasteiger partial charge in [-0.25, -0.2) is 19.9 Å². The van der Waals surface area contributed by atoms with Crippen LogP contribution in [0.4, 0.5) is 75.4 Å². The minimum atomic E-state index is -4.62. The molecule has 0 amide bonds. The smallest absolute Gasteiger partial charge is 0.418 e. The van der Waals surface area contributed by atoms with Crippen molar-refractivity contribution >= 4 is 44.8 Å². The first kappa shape index (κ1) is 42.5. The lowest BCUT2D eigenvalue weighted by Crippen LogP contribution is -2.10. The summed E-state index contributed by atoms with van der Waals surface area (Å²) in [6, 6.07) is 16.0. The predicted octanol–water partition coefficient (Wildman–Crippen LogP) is 13.5. The topological polar surface area (TPSA) is 120 Å². The van der Waals surface area contributed by atoms with Gasteiger partial charge in [0.2, 0.25) is 0 Å². The van der Waals surface area contributed by atoms with Gasteiger partial charge in [-0.15, -0.1) is 0 Å². The molecule has 0 fully saturated rings. The lowest BCUT2D eigenvalue weighted by atomic mass is 10.1. The Morgan fingerprint density at radius 1 is 0.477 bits per heavy atom. The number of rotatable bonds is 2. The van der Waals surface area contributed by atoms with Crippen LogP contribution in [0.15, 0.2) is 104 Å². The molecule has 0 bridgehead atoms. The van der Waals surface area contributed by atoms with Gasteiger partial charge < -0.3 is 20.1 Å². The first-order chi connectivity index (χ1) is 30.6. The Morgan fingerprint density at radius 2 is 0.969 bits per heavy atom. The maximum absolute atomic E-state index is 13.4. The quantitative estimate of drug-likeness (QED) is 0.162. The van der Waals surface area contributed by atoms with Crippen molar-refractivity contribution in [2.24, 2.45) is 0 Å². The summed E-state index contributed by atoms with van der Waals surface area (Å²) in [4.78, 5) is 24.6. The van der Waals surface area contributed by atoms with Crippen LogP contribution in [0.5, 0.6) is 23.0 Å². The van der Waals surface area contributed by atoms with E-state index in [1.807, 2.05) is 0 Å². The number of pyridine rings is 6. The van der Waals surface area contributed by atoms with Gasteiger partial charge in [0.25, 0.3) is 0 Å². The van der Waals surface area contributed by atoms with E-state index in [1.54, 1.807) is 6.92 Å². The molecule has 2 aliphatic rings. The van der Waals surface area contributed by atoms with Crippen LogP contribution >= 0.6 is 0 Å². The van der Waals surface area contributed by atoms with E-state index in [1.165, 1.54) is 67.1 Å². The summed E-state index contributed by atoms with van der Waals surface area (Å²) in [5, 5.41) is 6.86. The van der Waals surface area contributed by atoms with Gasteiger partial charge in [0.1, 0.15) is 11.4 Å². The van der Waals surface area contributed by atoms with Crippen LogP contribution < -0.4 is 20.1 Å². The van der Waals surface area contributed by atoms with Crippen molar-refractivity contribution in [3.8, 4) is 45.8 Å². The molecule has 0 saturated carbocycles. The maximum Gasteiger partial charge on any atom is 0.418 e. The number of benzene rings is 2. The van der Waals surface area contributed by atoms with Crippen molar-refractivity contribution in [3.63, 3.8) is 0 Å². The first-order valence-electron chi connectivity index (χ1n) is 18.6. The SMILES string of the molecule is Cc1nc2nc(-c3ncccc3C(F)(F)F)ccc2c2c1Oc1cc(C(F)(F)F)ccc1N2.FC(F)(F)c1ccc2c(c1)Oc1cnc3nc(-c4ncccc4C(F)(F)F)ccc3c1N2. The molecule has 2 aliphatic heterocycles. The van der Waals surface area contributed by atoms with Crippen LogP contribution in [0.2, 0.25) is 0 Å². The zero-order valence-corrected chi connectivity index (χ0v) is 32.4. The first-order valence-corrected chi connectivity index (χ1v) is 18.6. The second-order valence-corrected chi connectivity index (χ2v) is 14.2. The zero-order valence-electron chi connectivity index (χ0n) is 32.4. The molecule has 2 N–H and O–H groups in total. The van der Waals surface area contributed by atoms with Gasteiger partial charge in [0.05, 0.1) is 68.3 Å². The largest absolute Gasteiger partial charge is 0.451 e. The monoisotopic (exact) mass is 910 g/mol. The molecular formula is C43H22F12N8O2. The van der Waals surface area contributed by atoms with E-state index in [-0.39, 0.29) is 57.1 Å². The third-order valence-corrected chi connectivity index (χ3v) is 9.95. The van der Waals surface area contributed by atoms with Gasteiger partial charge in [-0.05, 0) is 91.9 Å². The minimum Gasteiger partial charge on any atom is -0.451 e. The number of aryl methyl sites for hydroxylation is 1. The van der Waals surface area contributed by atoms with E-state index < -0.39 is 47.0 Å². The van der Waals surface area contributed by atoms with Gasteiger partial charge in [-0.1, -0.05) is 0 Å². The Bertz CT molecular complexity index is 3210. The third-order valence-electron chi connectivity index (χ3n) is 9.95. The van der Waals surface area contributed by atoms with Crippen LogP contribution in [0.25, 0.3) is 44.8 Å².